The van der Waals surface area contributed by atoms with Crippen LogP contribution in [0, 0.1) is 0 Å². The van der Waals surface area contributed by atoms with Crippen molar-refractivity contribution in [1.82, 2.24) is 14.2 Å². The molecule has 0 spiro atoms. The maximum absolute atomic E-state index is 12.9. The van der Waals surface area contributed by atoms with Gasteiger partial charge in [-0.2, -0.15) is 5.10 Å². The largest absolute Gasteiger partial charge is 0.497 e. The highest BCUT2D eigenvalue weighted by molar-refractivity contribution is 5.55. The standard InChI is InChI=1S/C18H19N3O2/c1-23-14-8-6-13(7-9-14)12-20-10-11-21-17(18(20)22)15-4-2-3-5-16(15)19-21/h6-11H,2-5,12H2,1H3. The van der Waals surface area contributed by atoms with E-state index >= 15 is 0 Å². The lowest BCUT2D eigenvalue weighted by Gasteiger charge is -2.10. The number of aryl methyl sites for hydroxylation is 2. The van der Waals surface area contributed by atoms with Crippen LogP contribution in [0.15, 0.2) is 41.5 Å². The SMILES string of the molecule is COc1ccc(Cn2ccn3nc4c(c3c2=O)CCCC4)cc1. The highest BCUT2D eigenvalue weighted by Gasteiger charge is 2.19. The second kappa shape index (κ2) is 5.57. The third-order valence-corrected chi connectivity index (χ3v) is 4.55. The van der Waals surface area contributed by atoms with Crippen molar-refractivity contribution in [3.05, 3.63) is 63.8 Å². The molecule has 23 heavy (non-hydrogen) atoms. The van der Waals surface area contributed by atoms with Crippen molar-refractivity contribution >= 4 is 5.52 Å². The van der Waals surface area contributed by atoms with E-state index in [9.17, 15) is 4.79 Å². The van der Waals surface area contributed by atoms with Crippen LogP contribution in [0.3, 0.4) is 0 Å². The Labute approximate surface area is 134 Å². The molecule has 0 unspecified atom stereocenters. The van der Waals surface area contributed by atoms with Crippen LogP contribution in [0.25, 0.3) is 5.52 Å². The molecule has 0 N–H and O–H groups in total. The fourth-order valence-corrected chi connectivity index (χ4v) is 3.31. The van der Waals surface area contributed by atoms with Crippen LogP contribution in [-0.4, -0.2) is 21.3 Å². The molecule has 0 amide bonds. The highest BCUT2D eigenvalue weighted by atomic mass is 16.5. The lowest BCUT2D eigenvalue weighted by atomic mass is 9.97. The van der Waals surface area contributed by atoms with E-state index in [1.54, 1.807) is 16.2 Å². The minimum absolute atomic E-state index is 0.0407. The van der Waals surface area contributed by atoms with Crippen molar-refractivity contribution in [3.63, 3.8) is 0 Å². The van der Waals surface area contributed by atoms with Gasteiger partial charge in [0, 0.05) is 18.0 Å². The summed E-state index contributed by atoms with van der Waals surface area (Å²) in [5, 5.41) is 4.57. The lowest BCUT2D eigenvalue weighted by molar-refractivity contribution is 0.414. The molecule has 1 aliphatic rings. The summed E-state index contributed by atoms with van der Waals surface area (Å²) in [6.45, 7) is 0.555. The van der Waals surface area contributed by atoms with Crippen LogP contribution in [0.2, 0.25) is 0 Å². The van der Waals surface area contributed by atoms with E-state index in [1.807, 2.05) is 36.7 Å². The van der Waals surface area contributed by atoms with Gasteiger partial charge in [0.05, 0.1) is 19.3 Å². The van der Waals surface area contributed by atoms with E-state index in [-0.39, 0.29) is 5.56 Å². The molecule has 0 fully saturated rings. The Hall–Kier alpha value is -2.56. The van der Waals surface area contributed by atoms with Crippen molar-refractivity contribution in [2.45, 2.75) is 32.2 Å². The third-order valence-electron chi connectivity index (χ3n) is 4.55. The van der Waals surface area contributed by atoms with Gasteiger partial charge in [-0.15, -0.1) is 0 Å². The minimum Gasteiger partial charge on any atom is -0.497 e. The summed E-state index contributed by atoms with van der Waals surface area (Å²) in [6.07, 6.45) is 7.95. The van der Waals surface area contributed by atoms with Crippen LogP contribution >= 0.6 is 0 Å². The Kier molecular flexibility index (Phi) is 3.41. The lowest BCUT2D eigenvalue weighted by Crippen LogP contribution is -2.22. The zero-order valence-corrected chi connectivity index (χ0v) is 13.2. The highest BCUT2D eigenvalue weighted by Crippen LogP contribution is 2.22. The molecule has 5 nitrogen and oxygen atoms in total. The molecule has 5 heteroatoms. The van der Waals surface area contributed by atoms with Gasteiger partial charge in [0.15, 0.2) is 0 Å². The predicted molar refractivity (Wildman–Crippen MR) is 88.2 cm³/mol. The molecule has 0 saturated heterocycles. The molecule has 0 aliphatic heterocycles. The number of ether oxygens (including phenoxy) is 1. The first-order valence-electron chi connectivity index (χ1n) is 7.99. The Bertz CT molecular complexity index is 906. The van der Waals surface area contributed by atoms with Crippen molar-refractivity contribution in [1.29, 1.82) is 0 Å². The molecule has 0 atom stereocenters. The molecule has 118 valence electrons. The van der Waals surface area contributed by atoms with E-state index in [4.69, 9.17) is 4.74 Å². The van der Waals surface area contributed by atoms with Crippen LogP contribution in [-0.2, 0) is 19.4 Å². The van der Waals surface area contributed by atoms with Gasteiger partial charge in [-0.25, -0.2) is 4.52 Å². The molecule has 4 rings (SSSR count). The summed E-state index contributed by atoms with van der Waals surface area (Å²) in [5.74, 6) is 0.821. The first-order valence-corrected chi connectivity index (χ1v) is 7.99. The summed E-state index contributed by atoms with van der Waals surface area (Å²) in [5.41, 5.74) is 4.10. The summed E-state index contributed by atoms with van der Waals surface area (Å²) >= 11 is 0. The number of nitrogens with zero attached hydrogens (tertiary/aromatic N) is 3. The maximum Gasteiger partial charge on any atom is 0.277 e. The Balaban J connectivity index is 1.75. The van der Waals surface area contributed by atoms with Crippen LogP contribution in [0.4, 0.5) is 0 Å². The van der Waals surface area contributed by atoms with Gasteiger partial charge >= 0.3 is 0 Å². The summed E-state index contributed by atoms with van der Waals surface area (Å²) < 4.78 is 8.68. The molecule has 2 aromatic heterocycles. The Morgan fingerprint density at radius 3 is 2.70 bits per heavy atom. The molecule has 0 bridgehead atoms. The fraction of sp³-hybridized carbons (Fsp3) is 0.333. The second-order valence-corrected chi connectivity index (χ2v) is 6.00. The zero-order valence-electron chi connectivity index (χ0n) is 13.2. The van der Waals surface area contributed by atoms with E-state index < -0.39 is 0 Å². The van der Waals surface area contributed by atoms with E-state index in [0.717, 1.165) is 53.8 Å². The van der Waals surface area contributed by atoms with Gasteiger partial charge in [0.2, 0.25) is 0 Å². The van der Waals surface area contributed by atoms with Crippen molar-refractivity contribution in [2.75, 3.05) is 7.11 Å². The third kappa shape index (κ3) is 2.42. The number of rotatable bonds is 3. The van der Waals surface area contributed by atoms with Crippen LogP contribution in [0.1, 0.15) is 29.7 Å². The average molecular weight is 309 g/mol. The molecule has 0 radical (unpaired) electrons. The topological polar surface area (TPSA) is 48.5 Å². The van der Waals surface area contributed by atoms with Gasteiger partial charge in [0.25, 0.3) is 5.56 Å². The van der Waals surface area contributed by atoms with Gasteiger partial charge in [-0.3, -0.25) is 4.79 Å². The Morgan fingerprint density at radius 2 is 1.91 bits per heavy atom. The summed E-state index contributed by atoms with van der Waals surface area (Å²) in [4.78, 5) is 12.9. The van der Waals surface area contributed by atoms with E-state index in [1.165, 1.54) is 0 Å². The second-order valence-electron chi connectivity index (χ2n) is 6.00. The predicted octanol–water partition coefficient (Wildman–Crippen LogP) is 2.43. The molecule has 1 aliphatic carbocycles. The molecule has 1 aromatic carbocycles. The number of hydrogen-bond acceptors (Lipinski definition) is 3. The zero-order chi connectivity index (χ0) is 15.8. The van der Waals surface area contributed by atoms with Gasteiger partial charge in [-0.1, -0.05) is 12.1 Å². The number of aromatic nitrogens is 3. The molecule has 2 heterocycles. The first kappa shape index (κ1) is 14.1. The van der Waals surface area contributed by atoms with Gasteiger partial charge < -0.3 is 9.30 Å². The number of hydrogen-bond donors (Lipinski definition) is 0. The molecule has 3 aromatic rings. The van der Waals surface area contributed by atoms with Crippen LogP contribution in [0.5, 0.6) is 5.75 Å². The molecule has 0 saturated carbocycles. The fourth-order valence-electron chi connectivity index (χ4n) is 3.31. The smallest absolute Gasteiger partial charge is 0.277 e. The quantitative estimate of drug-likeness (QED) is 0.746. The molecular formula is C18H19N3O2. The van der Waals surface area contributed by atoms with Gasteiger partial charge in [0.1, 0.15) is 11.3 Å². The number of fused-ring (bicyclic) bond motifs is 3. The number of methoxy groups -OCH3 is 1. The maximum atomic E-state index is 12.9. The van der Waals surface area contributed by atoms with Crippen LogP contribution < -0.4 is 10.3 Å². The number of benzene rings is 1. The monoisotopic (exact) mass is 309 g/mol. The summed E-state index contributed by atoms with van der Waals surface area (Å²) in [6, 6.07) is 7.81. The summed E-state index contributed by atoms with van der Waals surface area (Å²) in [7, 11) is 1.65. The van der Waals surface area contributed by atoms with Gasteiger partial charge in [-0.05, 0) is 43.4 Å². The van der Waals surface area contributed by atoms with E-state index in [0.29, 0.717) is 6.54 Å². The first-order chi connectivity index (χ1) is 11.3. The Morgan fingerprint density at radius 1 is 1.13 bits per heavy atom. The van der Waals surface area contributed by atoms with Crippen molar-refractivity contribution in [2.24, 2.45) is 0 Å². The normalized spacial score (nSPS) is 14.0. The molecular weight excluding hydrogens is 290 g/mol. The van der Waals surface area contributed by atoms with Crippen molar-refractivity contribution in [3.8, 4) is 5.75 Å². The minimum atomic E-state index is 0.0407. The van der Waals surface area contributed by atoms with Crippen molar-refractivity contribution < 1.29 is 4.74 Å². The average Bonchev–Trinajstić information content (AvgIpc) is 2.97. The van der Waals surface area contributed by atoms with E-state index in [2.05, 4.69) is 5.10 Å².